The van der Waals surface area contributed by atoms with Crippen LogP contribution < -0.4 is 5.32 Å². The van der Waals surface area contributed by atoms with E-state index in [1.165, 1.54) is 12.1 Å². The molecule has 2 heterocycles. The molecule has 1 aromatic carbocycles. The van der Waals surface area contributed by atoms with Crippen LogP contribution in [0.15, 0.2) is 42.8 Å². The molecule has 0 aliphatic rings. The lowest BCUT2D eigenvalue weighted by Gasteiger charge is -2.22. The third-order valence-electron chi connectivity index (χ3n) is 4.25. The third kappa shape index (κ3) is 4.08. The average molecular weight is 423 g/mol. The number of fused-ring (bicyclic) bond motifs is 1. The molecule has 1 N–H and O–H groups in total. The van der Waals surface area contributed by atoms with Crippen LogP contribution in [-0.2, 0) is 4.74 Å². The van der Waals surface area contributed by atoms with Gasteiger partial charge in [-0.15, -0.1) is 0 Å². The number of anilines is 1. The molecule has 5 nitrogen and oxygen atoms in total. The lowest BCUT2D eigenvalue weighted by atomic mass is 10.1. The third-order valence-corrected chi connectivity index (χ3v) is 4.84. The quantitative estimate of drug-likeness (QED) is 0.384. The summed E-state index contributed by atoms with van der Waals surface area (Å²) in [5, 5.41) is 7.96. The van der Waals surface area contributed by atoms with Crippen molar-refractivity contribution >= 4 is 34.7 Å². The number of benzene rings is 1. The van der Waals surface area contributed by atoms with Gasteiger partial charge in [0.2, 0.25) is 0 Å². The maximum absolute atomic E-state index is 14.6. The highest BCUT2D eigenvalue weighted by Crippen LogP contribution is 2.40. The van der Waals surface area contributed by atoms with Crippen LogP contribution in [0.3, 0.4) is 0 Å². The van der Waals surface area contributed by atoms with Gasteiger partial charge < -0.3 is 10.1 Å². The number of nitrogens with one attached hydrogen (secondary N) is 1. The Hall–Kier alpha value is -2.31. The molecule has 3 aromatic rings. The number of hydrogen-bond acceptors (Lipinski definition) is 4. The molecule has 0 spiro atoms. The predicted octanol–water partition coefficient (Wildman–Crippen LogP) is 5.83. The number of allylic oxidation sites excluding steroid dienone is 1. The zero-order chi connectivity index (χ0) is 20.4. The Morgan fingerprint density at radius 1 is 1.25 bits per heavy atom. The van der Waals surface area contributed by atoms with Crippen LogP contribution >= 0.6 is 23.2 Å². The summed E-state index contributed by atoms with van der Waals surface area (Å²) in [5.41, 5.74) is 1.04. The largest absolute Gasteiger partial charge is 0.496 e. The molecule has 0 saturated heterocycles. The van der Waals surface area contributed by atoms with Crippen molar-refractivity contribution in [2.24, 2.45) is 5.92 Å². The van der Waals surface area contributed by atoms with Crippen molar-refractivity contribution in [3.05, 3.63) is 58.8 Å². The summed E-state index contributed by atoms with van der Waals surface area (Å²) < 4.78 is 21.9. The van der Waals surface area contributed by atoms with Gasteiger partial charge in [0.15, 0.2) is 5.65 Å². The molecule has 1 atom stereocenters. The van der Waals surface area contributed by atoms with Gasteiger partial charge in [-0.3, -0.25) is 0 Å². The zero-order valence-corrected chi connectivity index (χ0v) is 17.4. The number of rotatable bonds is 7. The number of ether oxygens (including phenoxy) is 1. The molecule has 0 fully saturated rings. The summed E-state index contributed by atoms with van der Waals surface area (Å²) in [7, 11) is 0. The molecule has 2 aromatic heterocycles. The molecular formula is C20H21Cl2FN4O. The summed E-state index contributed by atoms with van der Waals surface area (Å²) in [6.45, 7) is 10.2. The Bertz CT molecular complexity index is 999. The lowest BCUT2D eigenvalue weighted by Crippen LogP contribution is -2.24. The first-order valence-electron chi connectivity index (χ1n) is 8.85. The van der Waals surface area contributed by atoms with E-state index in [0.29, 0.717) is 29.4 Å². The molecule has 0 saturated carbocycles. The summed E-state index contributed by atoms with van der Waals surface area (Å²) in [6, 6.07) is 6.03. The Morgan fingerprint density at radius 2 is 2.00 bits per heavy atom. The van der Waals surface area contributed by atoms with Crippen molar-refractivity contribution in [3.63, 3.8) is 0 Å². The molecular weight excluding hydrogens is 402 g/mol. The minimum Gasteiger partial charge on any atom is -0.496 e. The second-order valence-electron chi connectivity index (χ2n) is 6.80. The summed E-state index contributed by atoms with van der Waals surface area (Å²) in [4.78, 5) is 4.31. The van der Waals surface area contributed by atoms with Crippen LogP contribution in [0.5, 0.6) is 0 Å². The normalized spacial score (nSPS) is 12.4. The van der Waals surface area contributed by atoms with E-state index >= 15 is 0 Å². The van der Waals surface area contributed by atoms with Crippen molar-refractivity contribution in [3.8, 4) is 11.1 Å². The average Bonchev–Trinajstić information content (AvgIpc) is 3.09. The minimum absolute atomic E-state index is 0.127. The van der Waals surface area contributed by atoms with E-state index in [1.54, 1.807) is 22.8 Å². The lowest BCUT2D eigenvalue weighted by molar-refractivity contribution is 0.179. The highest BCUT2D eigenvalue weighted by atomic mass is 35.5. The van der Waals surface area contributed by atoms with Crippen LogP contribution in [0.2, 0.25) is 10.2 Å². The van der Waals surface area contributed by atoms with Crippen LogP contribution in [-0.4, -0.2) is 27.2 Å². The molecule has 28 heavy (non-hydrogen) atoms. The molecule has 0 aliphatic heterocycles. The van der Waals surface area contributed by atoms with Gasteiger partial charge in [-0.2, -0.15) is 9.61 Å². The highest BCUT2D eigenvalue weighted by molar-refractivity contribution is 6.36. The molecule has 0 bridgehead atoms. The van der Waals surface area contributed by atoms with Gasteiger partial charge in [-0.1, -0.05) is 49.7 Å². The van der Waals surface area contributed by atoms with Crippen molar-refractivity contribution in [2.75, 3.05) is 11.9 Å². The monoisotopic (exact) mass is 422 g/mol. The van der Waals surface area contributed by atoms with E-state index in [9.17, 15) is 4.39 Å². The zero-order valence-electron chi connectivity index (χ0n) is 15.8. The maximum atomic E-state index is 14.6. The smallest absolute Gasteiger partial charge is 0.159 e. The van der Waals surface area contributed by atoms with E-state index in [2.05, 4.69) is 22.0 Å². The first kappa shape index (κ1) is 20.4. The number of hydrogen-bond donors (Lipinski definition) is 1. The first-order valence-corrected chi connectivity index (χ1v) is 9.61. The second kappa shape index (κ2) is 8.37. The number of halogens is 3. The van der Waals surface area contributed by atoms with Crippen molar-refractivity contribution in [1.29, 1.82) is 0 Å². The molecule has 0 amide bonds. The van der Waals surface area contributed by atoms with Gasteiger partial charge in [0, 0.05) is 17.5 Å². The van der Waals surface area contributed by atoms with E-state index in [4.69, 9.17) is 27.9 Å². The minimum atomic E-state index is -0.497. The molecule has 8 heteroatoms. The summed E-state index contributed by atoms with van der Waals surface area (Å²) in [5.74, 6) is 0.900. The Labute approximate surface area is 173 Å². The fraction of sp³-hybridized carbons (Fsp3) is 0.300. The van der Waals surface area contributed by atoms with E-state index in [1.807, 2.05) is 20.8 Å². The van der Waals surface area contributed by atoms with Crippen LogP contribution in [0.4, 0.5) is 10.2 Å². The van der Waals surface area contributed by atoms with Gasteiger partial charge in [0.05, 0.1) is 28.6 Å². The predicted molar refractivity (Wildman–Crippen MR) is 111 cm³/mol. The van der Waals surface area contributed by atoms with Crippen molar-refractivity contribution in [1.82, 2.24) is 14.6 Å². The van der Waals surface area contributed by atoms with E-state index < -0.39 is 5.82 Å². The topological polar surface area (TPSA) is 51.5 Å². The molecule has 0 radical (unpaired) electrons. The fourth-order valence-corrected chi connectivity index (χ4v) is 3.21. The SMILES string of the molecule is C=C(OCC(C)Nc1c(-c2c(F)cccc2Cl)c(Cl)nc2ccnn12)C(C)C. The maximum Gasteiger partial charge on any atom is 0.159 e. The summed E-state index contributed by atoms with van der Waals surface area (Å²) in [6.07, 6.45) is 1.60. The van der Waals surface area contributed by atoms with Crippen LogP contribution in [0.1, 0.15) is 20.8 Å². The van der Waals surface area contributed by atoms with E-state index in [0.717, 1.165) is 0 Å². The van der Waals surface area contributed by atoms with Crippen LogP contribution in [0.25, 0.3) is 16.8 Å². The first-order chi connectivity index (χ1) is 13.3. The fourth-order valence-electron chi connectivity index (χ4n) is 2.68. The molecule has 0 aliphatic carbocycles. The van der Waals surface area contributed by atoms with Gasteiger partial charge >= 0.3 is 0 Å². The van der Waals surface area contributed by atoms with Crippen molar-refractivity contribution in [2.45, 2.75) is 26.8 Å². The van der Waals surface area contributed by atoms with Crippen molar-refractivity contribution < 1.29 is 9.13 Å². The van der Waals surface area contributed by atoms with Crippen LogP contribution in [0, 0.1) is 11.7 Å². The van der Waals surface area contributed by atoms with Gasteiger partial charge in [-0.05, 0) is 19.1 Å². The molecule has 148 valence electrons. The number of aromatic nitrogens is 3. The van der Waals surface area contributed by atoms with E-state index in [-0.39, 0.29) is 27.7 Å². The molecule has 1 unspecified atom stereocenters. The summed E-state index contributed by atoms with van der Waals surface area (Å²) >= 11 is 12.7. The Morgan fingerprint density at radius 3 is 2.68 bits per heavy atom. The number of nitrogens with zero attached hydrogens (tertiary/aromatic N) is 3. The second-order valence-corrected chi connectivity index (χ2v) is 7.57. The Kier molecular flexibility index (Phi) is 6.10. The van der Waals surface area contributed by atoms with Gasteiger partial charge in [0.25, 0.3) is 0 Å². The standard InChI is InChI=1S/C20H21Cl2FN4O/c1-11(2)13(4)28-10-12(3)25-20-18(17-14(21)6-5-7-15(17)23)19(22)26-16-8-9-24-27(16)20/h5-9,11-12,25H,4,10H2,1-3H3. The Balaban J connectivity index is 2.05. The van der Waals surface area contributed by atoms with Gasteiger partial charge in [0.1, 0.15) is 23.4 Å². The van der Waals surface area contributed by atoms with Gasteiger partial charge in [-0.25, -0.2) is 9.37 Å². The highest BCUT2D eigenvalue weighted by Gasteiger charge is 2.23. The molecule has 3 rings (SSSR count).